The zero-order valence-electron chi connectivity index (χ0n) is 39.7. The third kappa shape index (κ3) is 9.95. The fourth-order valence-electron chi connectivity index (χ4n) is 8.68. The molecular weight excluding hydrogens is 805 g/mol. The molecule has 7 nitrogen and oxygen atoms in total. The predicted octanol–water partition coefficient (Wildman–Crippen LogP) is 14.6. The van der Waals surface area contributed by atoms with Crippen molar-refractivity contribution in [2.75, 3.05) is 31.5 Å². The van der Waals surface area contributed by atoms with Crippen LogP contribution in [0.25, 0.3) is 45.6 Å². The molecule has 2 aliphatic rings. The first-order valence-electron chi connectivity index (χ1n) is 22.8. The Hall–Kier alpha value is -6.86. The summed E-state index contributed by atoms with van der Waals surface area (Å²) in [5.41, 5.74) is 15.9. The van der Waals surface area contributed by atoms with Gasteiger partial charge in [0.2, 0.25) is 0 Å². The van der Waals surface area contributed by atoms with E-state index >= 15 is 0 Å². The monoisotopic (exact) mass is 866 g/mol. The van der Waals surface area contributed by atoms with Gasteiger partial charge >= 0.3 is 0 Å². The van der Waals surface area contributed by atoms with Crippen LogP contribution >= 0.6 is 0 Å². The standard InChI is InChI=1S/C30H33NO3.C28H29NO2/c1-7-34-23-10-8-9-21(16-23)22-11-12-24-27(30(32)31-28(24)17-22)15-20-13-25(18(2)3)29(33-6)26(14-20)19(4)5;1-17(2)23-13-19(14-24(18(3)4)27(23)31-5)15-25-22-12-11-21(16-26(22)29-28(25)30)20-9-7-6-8-10-20/h8-19H,7H2,1-6H3,(H,31,32);6-18H,1-5H3,(H,29,30). The molecule has 0 fully saturated rings. The normalized spacial score (nSPS) is 14.1. The number of hydrogen-bond donors (Lipinski definition) is 2. The maximum Gasteiger partial charge on any atom is 0.256 e. The Morgan fingerprint density at radius 3 is 1.28 bits per heavy atom. The Kier molecular flexibility index (Phi) is 14.1. The third-order valence-electron chi connectivity index (χ3n) is 12.0. The molecule has 0 spiro atoms. The van der Waals surface area contributed by atoms with Crippen molar-refractivity contribution in [3.63, 3.8) is 0 Å². The molecule has 334 valence electrons. The Balaban J connectivity index is 0.000000195. The average molecular weight is 867 g/mol. The van der Waals surface area contributed by atoms with Crippen LogP contribution in [0, 0.1) is 0 Å². The number of carbonyl (C=O) groups is 2. The molecule has 2 heterocycles. The fraction of sp³-hybridized carbons (Fsp3) is 0.276. The van der Waals surface area contributed by atoms with Crippen molar-refractivity contribution in [3.05, 3.63) is 160 Å². The number of methoxy groups -OCH3 is 2. The van der Waals surface area contributed by atoms with Crippen molar-refractivity contribution in [2.24, 2.45) is 0 Å². The summed E-state index contributed by atoms with van der Waals surface area (Å²) < 4.78 is 17.2. The van der Waals surface area contributed by atoms with E-state index in [4.69, 9.17) is 14.2 Å². The number of hydrogen-bond acceptors (Lipinski definition) is 5. The van der Waals surface area contributed by atoms with Gasteiger partial charge in [-0.25, -0.2) is 0 Å². The first kappa shape index (κ1) is 46.1. The van der Waals surface area contributed by atoms with Gasteiger partial charge in [0.25, 0.3) is 11.8 Å². The molecule has 0 aliphatic carbocycles. The number of nitrogens with one attached hydrogen (secondary N) is 2. The number of ether oxygens (including phenoxy) is 3. The van der Waals surface area contributed by atoms with Gasteiger partial charge in [0.15, 0.2) is 0 Å². The number of rotatable bonds is 12. The van der Waals surface area contributed by atoms with Gasteiger partial charge in [-0.2, -0.15) is 0 Å². The highest BCUT2D eigenvalue weighted by Gasteiger charge is 2.27. The minimum absolute atomic E-state index is 0.0618. The maximum atomic E-state index is 13.0. The molecule has 7 heteroatoms. The van der Waals surface area contributed by atoms with E-state index in [-0.39, 0.29) is 11.8 Å². The average Bonchev–Trinajstić information content (AvgIpc) is 3.78. The van der Waals surface area contributed by atoms with Crippen molar-refractivity contribution in [1.82, 2.24) is 0 Å². The topological polar surface area (TPSA) is 85.9 Å². The van der Waals surface area contributed by atoms with Gasteiger partial charge in [-0.15, -0.1) is 0 Å². The number of anilines is 2. The summed E-state index contributed by atoms with van der Waals surface area (Å²) in [5, 5.41) is 6.10. The molecule has 0 saturated heterocycles. The number of fused-ring (bicyclic) bond motifs is 2. The van der Waals surface area contributed by atoms with Crippen LogP contribution in [0.2, 0.25) is 0 Å². The smallest absolute Gasteiger partial charge is 0.256 e. The van der Waals surface area contributed by atoms with E-state index < -0.39 is 0 Å². The maximum absolute atomic E-state index is 13.0. The summed E-state index contributed by atoms with van der Waals surface area (Å²) in [6.07, 6.45) is 3.99. The summed E-state index contributed by atoms with van der Waals surface area (Å²) in [6.45, 7) is 19.9. The van der Waals surface area contributed by atoms with Crippen LogP contribution < -0.4 is 24.8 Å². The van der Waals surface area contributed by atoms with E-state index in [0.29, 0.717) is 41.4 Å². The Morgan fingerprint density at radius 1 is 0.477 bits per heavy atom. The van der Waals surface area contributed by atoms with Gasteiger partial charge in [-0.1, -0.05) is 122 Å². The molecule has 0 bridgehead atoms. The van der Waals surface area contributed by atoms with Crippen LogP contribution in [0.5, 0.6) is 17.2 Å². The highest BCUT2D eigenvalue weighted by molar-refractivity contribution is 6.35. The molecular formula is C58H62N2O5. The predicted molar refractivity (Wildman–Crippen MR) is 270 cm³/mol. The number of benzene rings is 6. The van der Waals surface area contributed by atoms with Crippen LogP contribution in [0.3, 0.4) is 0 Å². The molecule has 2 amide bonds. The van der Waals surface area contributed by atoms with Gasteiger partial charge in [0.1, 0.15) is 17.2 Å². The van der Waals surface area contributed by atoms with E-state index in [1.54, 1.807) is 14.2 Å². The first-order valence-corrected chi connectivity index (χ1v) is 22.8. The van der Waals surface area contributed by atoms with E-state index in [0.717, 1.165) is 84.3 Å². The van der Waals surface area contributed by atoms with Crippen LogP contribution in [-0.4, -0.2) is 32.6 Å². The molecule has 6 aromatic rings. The molecule has 6 aromatic carbocycles. The van der Waals surface area contributed by atoms with Gasteiger partial charge in [0, 0.05) is 33.6 Å². The lowest BCUT2D eigenvalue weighted by atomic mass is 9.90. The zero-order valence-corrected chi connectivity index (χ0v) is 39.7. The quantitative estimate of drug-likeness (QED) is 0.120. The minimum atomic E-state index is -0.0803. The lowest BCUT2D eigenvalue weighted by Gasteiger charge is -2.19. The SMILES string of the molecule is CCOc1cccc(-c2ccc3c(c2)NC(=O)C3=Cc2cc(C(C)C)c(OC)c(C(C)C)c2)c1.COc1c(C(C)C)cc(C=C2C(=O)Nc3cc(-c4ccccc4)ccc32)cc1C(C)C. The second kappa shape index (κ2) is 19.9. The highest BCUT2D eigenvalue weighted by Crippen LogP contribution is 2.42. The first-order chi connectivity index (χ1) is 31.2. The van der Waals surface area contributed by atoms with Crippen LogP contribution in [0.4, 0.5) is 11.4 Å². The molecule has 0 aromatic heterocycles. The van der Waals surface area contributed by atoms with E-state index in [1.165, 1.54) is 11.1 Å². The Labute approximate surface area is 385 Å². The lowest BCUT2D eigenvalue weighted by molar-refractivity contribution is -0.111. The minimum Gasteiger partial charge on any atom is -0.496 e. The van der Waals surface area contributed by atoms with Crippen LogP contribution in [0.1, 0.15) is 130 Å². The van der Waals surface area contributed by atoms with Crippen LogP contribution in [0.15, 0.2) is 115 Å². The summed E-state index contributed by atoms with van der Waals surface area (Å²) in [5.74, 6) is 3.87. The summed E-state index contributed by atoms with van der Waals surface area (Å²) >= 11 is 0. The Bertz CT molecular complexity index is 2740. The van der Waals surface area contributed by atoms with Crippen molar-refractivity contribution >= 4 is 46.5 Å². The van der Waals surface area contributed by atoms with Crippen molar-refractivity contribution in [2.45, 2.75) is 86.0 Å². The van der Waals surface area contributed by atoms with Crippen molar-refractivity contribution in [3.8, 4) is 39.5 Å². The van der Waals surface area contributed by atoms with E-state index in [9.17, 15) is 9.59 Å². The summed E-state index contributed by atoms with van der Waals surface area (Å²) in [7, 11) is 3.46. The largest absolute Gasteiger partial charge is 0.496 e. The van der Waals surface area contributed by atoms with Gasteiger partial charge in [-0.05, 0) is 147 Å². The third-order valence-corrected chi connectivity index (χ3v) is 12.0. The van der Waals surface area contributed by atoms with Crippen LogP contribution in [-0.2, 0) is 9.59 Å². The number of amides is 2. The van der Waals surface area contributed by atoms with Gasteiger partial charge < -0.3 is 24.8 Å². The highest BCUT2D eigenvalue weighted by atomic mass is 16.5. The fourth-order valence-corrected chi connectivity index (χ4v) is 8.68. The lowest BCUT2D eigenvalue weighted by Crippen LogP contribution is -2.04. The van der Waals surface area contributed by atoms with E-state index in [2.05, 4.69) is 127 Å². The van der Waals surface area contributed by atoms with E-state index in [1.807, 2.05) is 73.7 Å². The molecule has 0 saturated carbocycles. The number of carbonyl (C=O) groups excluding carboxylic acids is 2. The molecule has 0 unspecified atom stereocenters. The second-order valence-electron chi connectivity index (χ2n) is 18.0. The molecule has 0 atom stereocenters. The van der Waals surface area contributed by atoms with Gasteiger partial charge in [-0.3, -0.25) is 9.59 Å². The summed E-state index contributed by atoms with van der Waals surface area (Å²) in [6, 6.07) is 39.1. The van der Waals surface area contributed by atoms with Crippen molar-refractivity contribution < 1.29 is 23.8 Å². The zero-order chi connectivity index (χ0) is 46.5. The summed E-state index contributed by atoms with van der Waals surface area (Å²) in [4.78, 5) is 25.8. The molecule has 8 rings (SSSR count). The molecule has 0 radical (unpaired) electrons. The van der Waals surface area contributed by atoms with Gasteiger partial charge in [0.05, 0.1) is 20.8 Å². The van der Waals surface area contributed by atoms with Crippen molar-refractivity contribution in [1.29, 1.82) is 0 Å². The Morgan fingerprint density at radius 2 is 0.877 bits per heavy atom. The molecule has 65 heavy (non-hydrogen) atoms. The molecule has 2 aliphatic heterocycles. The second-order valence-corrected chi connectivity index (χ2v) is 18.0. The molecule has 2 N–H and O–H groups in total.